The Labute approximate surface area is 94.2 Å². The minimum absolute atomic E-state index is 0.146. The number of rotatable bonds is 4. The van der Waals surface area contributed by atoms with Gasteiger partial charge in [-0.2, -0.15) is 8.78 Å². The first-order valence-corrected chi connectivity index (χ1v) is 4.66. The molecule has 3 nitrogen and oxygen atoms in total. The first-order chi connectivity index (χ1) is 7.52. The summed E-state index contributed by atoms with van der Waals surface area (Å²) < 4.78 is 40.8. The molecule has 0 spiro atoms. The number of alkyl halides is 3. The van der Waals surface area contributed by atoms with Gasteiger partial charge in [0.25, 0.3) is 0 Å². The van der Waals surface area contributed by atoms with Gasteiger partial charge in [-0.1, -0.05) is 0 Å². The van der Waals surface area contributed by atoms with Gasteiger partial charge < -0.3 is 10.1 Å². The van der Waals surface area contributed by atoms with Crippen LogP contribution in [0.5, 0.6) is 5.75 Å². The van der Waals surface area contributed by atoms with Gasteiger partial charge in [0.15, 0.2) is 0 Å². The van der Waals surface area contributed by atoms with Crippen LogP contribution >= 0.6 is 11.6 Å². The molecule has 7 heteroatoms. The molecule has 88 valence electrons. The quantitative estimate of drug-likeness (QED) is 0.838. The van der Waals surface area contributed by atoms with Crippen LogP contribution < -0.4 is 10.1 Å². The Morgan fingerprint density at radius 3 is 2.69 bits per heavy atom. The van der Waals surface area contributed by atoms with E-state index in [-0.39, 0.29) is 17.3 Å². The van der Waals surface area contributed by atoms with Crippen LogP contribution in [0.25, 0.3) is 0 Å². The molecule has 0 atom stereocenters. The summed E-state index contributed by atoms with van der Waals surface area (Å²) in [5.41, 5.74) is -0.146. The molecule has 16 heavy (non-hydrogen) atoms. The highest BCUT2D eigenvalue weighted by molar-refractivity contribution is 6.29. The Balaban J connectivity index is 2.79. The van der Waals surface area contributed by atoms with Crippen molar-refractivity contribution in [1.82, 2.24) is 0 Å². The summed E-state index contributed by atoms with van der Waals surface area (Å²) in [7, 11) is 0. The maximum atomic E-state index is 13.2. The molecule has 1 rings (SSSR count). The monoisotopic (exact) mass is 253 g/mol. The van der Waals surface area contributed by atoms with E-state index >= 15 is 0 Å². The number of hydrogen-bond donors (Lipinski definition) is 1. The molecule has 1 aromatic carbocycles. The maximum Gasteiger partial charge on any atom is 0.387 e. The third-order valence-corrected chi connectivity index (χ3v) is 1.80. The summed E-state index contributed by atoms with van der Waals surface area (Å²) >= 11 is 5.20. The standard InChI is InChI=1S/C9H7ClF3NO2/c10-4-8(15)14-7-2-1-5(3-6(7)11)16-9(12)13/h1-3,9H,4H2,(H,14,15). The highest BCUT2D eigenvalue weighted by atomic mass is 35.5. The normalized spacial score (nSPS) is 10.3. The Morgan fingerprint density at radius 2 is 2.19 bits per heavy atom. The second-order valence-corrected chi connectivity index (χ2v) is 2.97. The number of amides is 1. The number of benzene rings is 1. The SMILES string of the molecule is O=C(CCl)Nc1ccc(OC(F)F)cc1F. The van der Waals surface area contributed by atoms with Crippen molar-refractivity contribution in [2.45, 2.75) is 6.61 Å². The first-order valence-electron chi connectivity index (χ1n) is 4.13. The molecule has 0 aromatic heterocycles. The fourth-order valence-electron chi connectivity index (χ4n) is 0.957. The van der Waals surface area contributed by atoms with E-state index in [1.165, 1.54) is 0 Å². The maximum absolute atomic E-state index is 13.2. The molecule has 1 amide bonds. The Kier molecular flexibility index (Phi) is 4.42. The molecule has 0 bridgehead atoms. The van der Waals surface area contributed by atoms with E-state index in [1.807, 2.05) is 0 Å². The molecular formula is C9H7ClF3NO2. The van der Waals surface area contributed by atoms with Crippen LogP contribution in [0, 0.1) is 5.82 Å². The number of carbonyl (C=O) groups excluding carboxylic acids is 1. The van der Waals surface area contributed by atoms with Crippen molar-refractivity contribution in [3.8, 4) is 5.75 Å². The zero-order valence-corrected chi connectivity index (χ0v) is 8.60. The van der Waals surface area contributed by atoms with Gasteiger partial charge in [0.05, 0.1) is 5.69 Å². The largest absolute Gasteiger partial charge is 0.435 e. The number of hydrogen-bond acceptors (Lipinski definition) is 2. The molecule has 0 heterocycles. The Hall–Kier alpha value is -1.43. The average Bonchev–Trinajstić information content (AvgIpc) is 2.21. The van der Waals surface area contributed by atoms with Gasteiger partial charge in [-0.05, 0) is 12.1 Å². The lowest BCUT2D eigenvalue weighted by Gasteiger charge is -2.07. The smallest absolute Gasteiger partial charge is 0.387 e. The van der Waals surface area contributed by atoms with E-state index in [0.29, 0.717) is 0 Å². The van der Waals surface area contributed by atoms with Crippen LogP contribution in [0.1, 0.15) is 0 Å². The van der Waals surface area contributed by atoms with Gasteiger partial charge in [0.1, 0.15) is 17.4 Å². The summed E-state index contributed by atoms with van der Waals surface area (Å²) in [4.78, 5) is 10.8. The van der Waals surface area contributed by atoms with Gasteiger partial charge in [0, 0.05) is 6.07 Å². The van der Waals surface area contributed by atoms with Crippen molar-refractivity contribution in [3.05, 3.63) is 24.0 Å². The predicted octanol–water partition coefficient (Wildman–Crippen LogP) is 2.60. The lowest BCUT2D eigenvalue weighted by Crippen LogP contribution is -2.13. The molecule has 0 aliphatic heterocycles. The summed E-state index contributed by atoms with van der Waals surface area (Å²) in [5.74, 6) is -2.12. The summed E-state index contributed by atoms with van der Waals surface area (Å²) in [5, 5.41) is 2.15. The Morgan fingerprint density at radius 1 is 1.50 bits per heavy atom. The summed E-state index contributed by atoms with van der Waals surface area (Å²) in [6.45, 7) is -3.03. The van der Waals surface area contributed by atoms with Gasteiger partial charge in [0.2, 0.25) is 5.91 Å². The molecule has 0 saturated heterocycles. The second-order valence-electron chi connectivity index (χ2n) is 2.70. The zero-order chi connectivity index (χ0) is 12.1. The topological polar surface area (TPSA) is 38.3 Å². The van der Waals surface area contributed by atoms with Gasteiger partial charge >= 0.3 is 6.61 Å². The molecule has 0 unspecified atom stereocenters. The number of anilines is 1. The molecule has 0 fully saturated rings. The molecule has 0 aliphatic carbocycles. The van der Waals surface area contributed by atoms with Crippen molar-refractivity contribution in [1.29, 1.82) is 0 Å². The number of ether oxygens (including phenoxy) is 1. The van der Waals surface area contributed by atoms with Crippen molar-refractivity contribution in [2.24, 2.45) is 0 Å². The molecule has 1 N–H and O–H groups in total. The van der Waals surface area contributed by atoms with E-state index in [4.69, 9.17) is 11.6 Å². The first kappa shape index (κ1) is 12.6. The van der Waals surface area contributed by atoms with Crippen molar-refractivity contribution in [2.75, 3.05) is 11.2 Å². The van der Waals surface area contributed by atoms with Crippen LogP contribution in [0.4, 0.5) is 18.9 Å². The minimum atomic E-state index is -3.03. The van der Waals surface area contributed by atoms with Crippen LogP contribution in [0.15, 0.2) is 18.2 Å². The molecule has 0 radical (unpaired) electrons. The van der Waals surface area contributed by atoms with Crippen LogP contribution in [-0.2, 0) is 4.79 Å². The predicted molar refractivity (Wildman–Crippen MR) is 52.4 cm³/mol. The van der Waals surface area contributed by atoms with Gasteiger partial charge in [-0.3, -0.25) is 4.79 Å². The van der Waals surface area contributed by atoms with Gasteiger partial charge in [-0.25, -0.2) is 4.39 Å². The number of carbonyl (C=O) groups is 1. The lowest BCUT2D eigenvalue weighted by molar-refractivity contribution is -0.114. The number of nitrogens with one attached hydrogen (secondary N) is 1. The zero-order valence-electron chi connectivity index (χ0n) is 7.84. The lowest BCUT2D eigenvalue weighted by atomic mass is 10.3. The van der Waals surface area contributed by atoms with Crippen LogP contribution in [0.2, 0.25) is 0 Å². The Bertz CT molecular complexity index is 387. The number of halogens is 4. The average molecular weight is 254 g/mol. The molecule has 0 saturated carbocycles. The van der Waals surface area contributed by atoms with E-state index in [0.717, 1.165) is 18.2 Å². The van der Waals surface area contributed by atoms with E-state index < -0.39 is 18.3 Å². The van der Waals surface area contributed by atoms with Crippen LogP contribution in [-0.4, -0.2) is 18.4 Å². The summed E-state index contributed by atoms with van der Waals surface area (Å²) in [6, 6.07) is 2.96. The summed E-state index contributed by atoms with van der Waals surface area (Å²) in [6.07, 6.45) is 0. The molecule has 0 aliphatic rings. The third kappa shape index (κ3) is 3.62. The highest BCUT2D eigenvalue weighted by Gasteiger charge is 2.09. The van der Waals surface area contributed by atoms with Crippen molar-refractivity contribution >= 4 is 23.2 Å². The molecule has 1 aromatic rings. The third-order valence-electron chi connectivity index (χ3n) is 1.56. The van der Waals surface area contributed by atoms with E-state index in [1.54, 1.807) is 0 Å². The fraction of sp³-hybridized carbons (Fsp3) is 0.222. The van der Waals surface area contributed by atoms with Crippen LogP contribution in [0.3, 0.4) is 0 Å². The fourth-order valence-corrected chi connectivity index (χ4v) is 1.02. The van der Waals surface area contributed by atoms with Gasteiger partial charge in [-0.15, -0.1) is 11.6 Å². The highest BCUT2D eigenvalue weighted by Crippen LogP contribution is 2.21. The van der Waals surface area contributed by atoms with E-state index in [9.17, 15) is 18.0 Å². The second kappa shape index (κ2) is 5.60. The molecular weight excluding hydrogens is 247 g/mol. The minimum Gasteiger partial charge on any atom is -0.435 e. The van der Waals surface area contributed by atoms with E-state index in [2.05, 4.69) is 10.1 Å². The van der Waals surface area contributed by atoms with Crippen molar-refractivity contribution < 1.29 is 22.7 Å². The van der Waals surface area contributed by atoms with Crippen molar-refractivity contribution in [3.63, 3.8) is 0 Å².